The maximum atomic E-state index is 13.1. The molecule has 1 aromatic heterocycles. The molecule has 18 heavy (non-hydrogen) atoms. The summed E-state index contributed by atoms with van der Waals surface area (Å²) in [5, 5.41) is 3.86. The van der Waals surface area contributed by atoms with Crippen LogP contribution in [0.4, 0.5) is 8.78 Å². The van der Waals surface area contributed by atoms with Crippen LogP contribution in [0.2, 0.25) is 0 Å². The van der Waals surface area contributed by atoms with E-state index in [4.69, 9.17) is 0 Å². The lowest BCUT2D eigenvalue weighted by Crippen LogP contribution is -2.04. The maximum Gasteiger partial charge on any atom is 0.206 e. The molecule has 0 N–H and O–H groups in total. The molecule has 3 nitrogen and oxygen atoms in total. The topological polar surface area (TPSA) is 42.9 Å². The van der Waals surface area contributed by atoms with Gasteiger partial charge in [0.1, 0.15) is 16.5 Å². The molecule has 0 aliphatic heterocycles. The third-order valence-electron chi connectivity index (χ3n) is 2.37. The van der Waals surface area contributed by atoms with E-state index in [1.165, 1.54) is 0 Å². The summed E-state index contributed by atoms with van der Waals surface area (Å²) < 4.78 is 29.8. The highest BCUT2D eigenvalue weighted by molar-refractivity contribution is 7.08. The molecule has 0 saturated carbocycles. The van der Waals surface area contributed by atoms with Gasteiger partial charge in [0.2, 0.25) is 5.78 Å². The average Bonchev–Trinajstić information content (AvgIpc) is 2.75. The van der Waals surface area contributed by atoms with Crippen LogP contribution in [0.25, 0.3) is 0 Å². The fourth-order valence-corrected chi connectivity index (χ4v) is 2.27. The van der Waals surface area contributed by atoms with Crippen molar-refractivity contribution in [2.75, 3.05) is 0 Å². The van der Waals surface area contributed by atoms with Gasteiger partial charge >= 0.3 is 0 Å². The summed E-state index contributed by atoms with van der Waals surface area (Å²) in [6.07, 6.45) is 1.44. The maximum absolute atomic E-state index is 13.1. The summed E-state index contributed by atoms with van der Waals surface area (Å²) in [5.41, 5.74) is 0.563. The molecule has 0 saturated heterocycles. The van der Waals surface area contributed by atoms with E-state index in [0.717, 1.165) is 36.2 Å². The highest BCUT2D eigenvalue weighted by Crippen LogP contribution is 2.19. The molecule has 0 aliphatic rings. The molecule has 0 bridgehead atoms. The van der Waals surface area contributed by atoms with Gasteiger partial charge in [-0.1, -0.05) is 17.8 Å². The Hall–Kier alpha value is -1.69. The van der Waals surface area contributed by atoms with Crippen molar-refractivity contribution in [1.82, 2.24) is 9.59 Å². The predicted octanol–water partition coefficient (Wildman–Crippen LogP) is 3.00. The Bertz CT molecular complexity index is 563. The van der Waals surface area contributed by atoms with Crippen molar-refractivity contribution in [1.29, 1.82) is 0 Å². The third kappa shape index (κ3) is 2.59. The quantitative estimate of drug-likeness (QED) is 0.800. The normalized spacial score (nSPS) is 10.6. The lowest BCUT2D eigenvalue weighted by Gasteiger charge is -2.01. The van der Waals surface area contributed by atoms with Gasteiger partial charge in [-0.25, -0.2) is 8.78 Å². The number of halogens is 2. The molecule has 0 amide bonds. The number of aromatic nitrogens is 2. The first kappa shape index (κ1) is 12.8. The Labute approximate surface area is 107 Å². The Balaban J connectivity index is 2.38. The minimum Gasteiger partial charge on any atom is -0.288 e. The zero-order chi connectivity index (χ0) is 13.1. The first-order valence-electron chi connectivity index (χ1n) is 5.44. The van der Waals surface area contributed by atoms with Gasteiger partial charge in [0.05, 0.1) is 5.69 Å². The van der Waals surface area contributed by atoms with Gasteiger partial charge in [0, 0.05) is 11.6 Å². The highest BCUT2D eigenvalue weighted by Gasteiger charge is 2.18. The van der Waals surface area contributed by atoms with Crippen molar-refractivity contribution >= 4 is 17.3 Å². The minimum absolute atomic E-state index is 0.0177. The van der Waals surface area contributed by atoms with Crippen LogP contribution >= 0.6 is 11.5 Å². The van der Waals surface area contributed by atoms with E-state index in [2.05, 4.69) is 9.59 Å². The molecule has 1 aromatic carbocycles. The Kier molecular flexibility index (Phi) is 3.76. The van der Waals surface area contributed by atoms with Crippen LogP contribution in [0, 0.1) is 11.6 Å². The Morgan fingerprint density at radius 2 is 1.94 bits per heavy atom. The summed E-state index contributed by atoms with van der Waals surface area (Å²) >= 11 is 0.949. The predicted molar refractivity (Wildman–Crippen MR) is 63.7 cm³/mol. The molecule has 2 aromatic rings. The number of carbonyl (C=O) groups is 1. The fraction of sp³-hybridized carbons (Fsp3) is 0.250. The van der Waals surface area contributed by atoms with Gasteiger partial charge in [-0.3, -0.25) is 4.79 Å². The second-order valence-electron chi connectivity index (χ2n) is 3.79. The summed E-state index contributed by atoms with van der Waals surface area (Å²) in [6, 6.07) is 2.76. The molecule has 0 radical (unpaired) electrons. The zero-order valence-corrected chi connectivity index (χ0v) is 10.4. The molecule has 6 heteroatoms. The number of hydrogen-bond acceptors (Lipinski definition) is 4. The van der Waals surface area contributed by atoms with Gasteiger partial charge < -0.3 is 0 Å². The van der Waals surface area contributed by atoms with E-state index >= 15 is 0 Å². The number of ketones is 1. The van der Waals surface area contributed by atoms with Crippen molar-refractivity contribution in [2.45, 2.75) is 19.8 Å². The van der Waals surface area contributed by atoms with Crippen LogP contribution in [0.15, 0.2) is 18.2 Å². The molecule has 1 heterocycles. The molecule has 0 unspecified atom stereocenters. The van der Waals surface area contributed by atoms with Gasteiger partial charge in [0.15, 0.2) is 0 Å². The number of rotatable bonds is 4. The van der Waals surface area contributed by atoms with E-state index in [1.807, 2.05) is 6.92 Å². The lowest BCUT2D eigenvalue weighted by atomic mass is 10.1. The van der Waals surface area contributed by atoms with Crippen LogP contribution < -0.4 is 0 Å². The molecular weight excluding hydrogens is 258 g/mol. The van der Waals surface area contributed by atoms with E-state index < -0.39 is 17.4 Å². The number of hydrogen-bond donors (Lipinski definition) is 0. The second kappa shape index (κ2) is 5.30. The number of carbonyl (C=O) groups excluding carboxylic acids is 1. The Morgan fingerprint density at radius 3 is 2.56 bits per heavy atom. The van der Waals surface area contributed by atoms with Crippen molar-refractivity contribution in [3.63, 3.8) is 0 Å². The van der Waals surface area contributed by atoms with E-state index in [9.17, 15) is 13.6 Å². The van der Waals surface area contributed by atoms with Crippen molar-refractivity contribution in [2.24, 2.45) is 0 Å². The van der Waals surface area contributed by atoms with E-state index in [1.54, 1.807) is 0 Å². The SMILES string of the molecule is CCCc1nnsc1C(=O)c1cc(F)cc(F)c1. The summed E-state index contributed by atoms with van der Waals surface area (Å²) in [6.45, 7) is 1.95. The average molecular weight is 268 g/mol. The van der Waals surface area contributed by atoms with Crippen molar-refractivity contribution in [3.05, 3.63) is 46.0 Å². The van der Waals surface area contributed by atoms with Crippen LogP contribution in [-0.4, -0.2) is 15.4 Å². The van der Waals surface area contributed by atoms with Crippen LogP contribution in [-0.2, 0) is 6.42 Å². The molecule has 0 spiro atoms. The van der Waals surface area contributed by atoms with Gasteiger partial charge in [-0.2, -0.15) is 0 Å². The monoisotopic (exact) mass is 268 g/mol. The van der Waals surface area contributed by atoms with Crippen LogP contribution in [0.1, 0.15) is 34.3 Å². The summed E-state index contributed by atoms with van der Waals surface area (Å²) in [7, 11) is 0. The largest absolute Gasteiger partial charge is 0.288 e. The highest BCUT2D eigenvalue weighted by atomic mass is 32.1. The zero-order valence-electron chi connectivity index (χ0n) is 9.61. The molecule has 0 fully saturated rings. The number of nitrogens with zero attached hydrogens (tertiary/aromatic N) is 2. The number of benzene rings is 1. The van der Waals surface area contributed by atoms with Gasteiger partial charge in [-0.05, 0) is 30.1 Å². The summed E-state index contributed by atoms with van der Waals surface area (Å²) in [5.74, 6) is -1.98. The number of aryl methyl sites for hydroxylation is 1. The first-order valence-corrected chi connectivity index (χ1v) is 6.21. The van der Waals surface area contributed by atoms with Crippen molar-refractivity contribution < 1.29 is 13.6 Å². The Morgan fingerprint density at radius 1 is 1.28 bits per heavy atom. The van der Waals surface area contributed by atoms with E-state index in [-0.39, 0.29) is 5.56 Å². The molecule has 94 valence electrons. The lowest BCUT2D eigenvalue weighted by molar-refractivity contribution is 0.104. The minimum atomic E-state index is -0.770. The molecule has 0 aliphatic carbocycles. The van der Waals surface area contributed by atoms with Crippen LogP contribution in [0.5, 0.6) is 0 Å². The van der Waals surface area contributed by atoms with Gasteiger partial charge in [-0.15, -0.1) is 5.10 Å². The molecule has 0 atom stereocenters. The first-order chi connectivity index (χ1) is 8.61. The molecular formula is C12H10F2N2OS. The fourth-order valence-electron chi connectivity index (χ4n) is 1.60. The van der Waals surface area contributed by atoms with E-state index in [0.29, 0.717) is 17.0 Å². The summed E-state index contributed by atoms with van der Waals surface area (Å²) in [4.78, 5) is 12.5. The van der Waals surface area contributed by atoms with Gasteiger partial charge in [0.25, 0.3) is 0 Å². The smallest absolute Gasteiger partial charge is 0.206 e. The third-order valence-corrected chi connectivity index (χ3v) is 3.14. The van der Waals surface area contributed by atoms with Crippen molar-refractivity contribution in [3.8, 4) is 0 Å². The van der Waals surface area contributed by atoms with Crippen LogP contribution in [0.3, 0.4) is 0 Å². The molecule has 2 rings (SSSR count). The second-order valence-corrected chi connectivity index (χ2v) is 4.54. The standard InChI is InChI=1S/C12H10F2N2OS/c1-2-3-10-12(18-16-15-10)11(17)7-4-8(13)6-9(14)5-7/h4-6H,2-3H2,1H3.